The van der Waals surface area contributed by atoms with Gasteiger partial charge in [0.2, 0.25) is 11.8 Å². The number of fused-ring (bicyclic) bond motifs is 1. The predicted molar refractivity (Wildman–Crippen MR) is 172 cm³/mol. The van der Waals surface area contributed by atoms with Crippen LogP contribution in [-0.4, -0.2) is 87.0 Å². The molecule has 1 aliphatic carbocycles. The van der Waals surface area contributed by atoms with Crippen molar-refractivity contribution in [1.82, 2.24) is 13.9 Å². The van der Waals surface area contributed by atoms with E-state index >= 15 is 0 Å². The molecule has 252 valence electrons. The van der Waals surface area contributed by atoms with Crippen LogP contribution in [0.2, 0.25) is 0 Å². The Morgan fingerprint density at radius 2 is 1.68 bits per heavy atom. The largest absolute Gasteiger partial charge is 0.451 e. The van der Waals surface area contributed by atoms with Crippen LogP contribution in [-0.2, 0) is 24.5 Å². The van der Waals surface area contributed by atoms with Gasteiger partial charge in [-0.2, -0.15) is 12.7 Å². The van der Waals surface area contributed by atoms with Crippen molar-refractivity contribution in [2.45, 2.75) is 50.1 Å². The van der Waals surface area contributed by atoms with E-state index in [0.29, 0.717) is 55.3 Å². The Kier molecular flexibility index (Phi) is 9.92. The number of ether oxygens (including phenoxy) is 1. The lowest BCUT2D eigenvalue weighted by Crippen LogP contribution is -2.48. The Bertz CT molecular complexity index is 1700. The number of morpholine rings is 1. The molecule has 4 N–H and O–H groups in total. The van der Waals surface area contributed by atoms with E-state index in [0.717, 1.165) is 9.87 Å². The summed E-state index contributed by atoms with van der Waals surface area (Å²) in [5, 5.41) is 3.45. The molecule has 2 aliphatic heterocycles. The minimum Gasteiger partial charge on any atom is -0.451 e. The highest BCUT2D eigenvalue weighted by molar-refractivity contribution is 7.87. The van der Waals surface area contributed by atoms with E-state index in [4.69, 9.17) is 14.9 Å². The van der Waals surface area contributed by atoms with Gasteiger partial charge in [-0.3, -0.25) is 14.4 Å². The van der Waals surface area contributed by atoms with Crippen LogP contribution in [0.4, 0.5) is 10.1 Å². The molecule has 2 saturated heterocycles. The molecule has 0 bridgehead atoms. The third-order valence-corrected chi connectivity index (χ3v) is 11.1. The van der Waals surface area contributed by atoms with Crippen molar-refractivity contribution in [3.63, 3.8) is 0 Å². The van der Waals surface area contributed by atoms with Crippen LogP contribution in [0.3, 0.4) is 0 Å². The maximum Gasteiger partial charge on any atom is 0.304 e. The van der Waals surface area contributed by atoms with Gasteiger partial charge in [0, 0.05) is 48.6 Å². The number of rotatable bonds is 9. The molecule has 3 atom stereocenters. The lowest BCUT2D eigenvalue weighted by Gasteiger charge is -2.35. The monoisotopic (exact) mass is 669 g/mol. The van der Waals surface area contributed by atoms with E-state index < -0.39 is 34.9 Å². The van der Waals surface area contributed by atoms with Gasteiger partial charge in [-0.25, -0.2) is 9.11 Å². The van der Waals surface area contributed by atoms with Gasteiger partial charge in [0.15, 0.2) is 5.76 Å². The van der Waals surface area contributed by atoms with Crippen molar-refractivity contribution in [1.29, 1.82) is 0 Å². The van der Waals surface area contributed by atoms with Gasteiger partial charge in [-0.15, -0.1) is 0 Å². The molecule has 3 aromatic rings. The number of hydrogen-bond acceptors (Lipinski definition) is 8. The lowest BCUT2D eigenvalue weighted by molar-refractivity contribution is -0.141. The number of halogens is 1. The molecule has 2 aromatic carbocycles. The average molecular weight is 670 g/mol. The highest BCUT2D eigenvalue weighted by Gasteiger charge is 2.45. The quantitative estimate of drug-likeness (QED) is 0.313. The van der Waals surface area contributed by atoms with Crippen LogP contribution in [0, 0.1) is 11.8 Å². The molecule has 3 heterocycles. The van der Waals surface area contributed by atoms with Crippen molar-refractivity contribution in [2.24, 2.45) is 17.6 Å². The zero-order chi connectivity index (χ0) is 33.1. The fraction of sp³-hybridized carbons (Fsp3) is 0.485. The second-order valence-electron chi connectivity index (χ2n) is 12.5. The minimum atomic E-state index is -4.07. The van der Waals surface area contributed by atoms with Gasteiger partial charge in [-0.1, -0.05) is 30.3 Å². The average Bonchev–Trinajstić information content (AvgIpc) is 3.73. The summed E-state index contributed by atoms with van der Waals surface area (Å²) in [5.74, 6) is -1.92. The molecule has 3 fully saturated rings. The molecule has 1 aromatic heterocycles. The van der Waals surface area contributed by atoms with Gasteiger partial charge in [-0.05, 0) is 67.9 Å². The molecule has 6 rings (SSSR count). The molecule has 0 spiro atoms. The molecule has 47 heavy (non-hydrogen) atoms. The molecule has 1 saturated carbocycles. The summed E-state index contributed by atoms with van der Waals surface area (Å²) in [6.45, 7) is 0.615. The SMILES string of the molecule is N[C@H](CF)C1CCC(C(=O)N2CC[C@H](c3ccccc3)[C@H]2C(=O)Nc2ccc3oc(C(=O)NS(=O)(=O)N4CCOCC4)cc3c2)CC1. The standard InChI is InChI=1S/C33H40FN5O7S/c34-20-27(35)22-6-8-23(9-7-22)33(42)39-13-12-26(21-4-2-1-3-5-21)30(39)32(41)36-25-10-11-28-24(18-25)19-29(46-28)31(40)37-47(43,44)38-14-16-45-17-15-38/h1-5,10-11,18-19,22-23,26-27,30H,6-9,12-17,20,35H2,(H,36,41)(H,37,40)/t22?,23?,26-,27-,30+/m1/s1. The van der Waals surface area contributed by atoms with Crippen molar-refractivity contribution in [3.8, 4) is 0 Å². The smallest absolute Gasteiger partial charge is 0.304 e. The highest BCUT2D eigenvalue weighted by atomic mass is 32.2. The lowest BCUT2D eigenvalue weighted by atomic mass is 9.78. The highest BCUT2D eigenvalue weighted by Crippen LogP contribution is 2.38. The van der Waals surface area contributed by atoms with Crippen LogP contribution < -0.4 is 15.8 Å². The van der Waals surface area contributed by atoms with Crippen molar-refractivity contribution in [3.05, 3.63) is 65.9 Å². The summed E-state index contributed by atoms with van der Waals surface area (Å²) in [6.07, 6.45) is 3.20. The minimum absolute atomic E-state index is 0.0531. The summed E-state index contributed by atoms with van der Waals surface area (Å²) in [5.41, 5.74) is 7.67. The first-order chi connectivity index (χ1) is 22.6. The van der Waals surface area contributed by atoms with E-state index in [1.165, 1.54) is 6.07 Å². The van der Waals surface area contributed by atoms with Gasteiger partial charge in [0.1, 0.15) is 18.3 Å². The van der Waals surface area contributed by atoms with Gasteiger partial charge < -0.3 is 25.1 Å². The topological polar surface area (TPSA) is 164 Å². The number of likely N-dealkylation sites (tertiary alicyclic amines) is 1. The van der Waals surface area contributed by atoms with Crippen LogP contribution in [0.5, 0.6) is 0 Å². The van der Waals surface area contributed by atoms with Crippen LogP contribution in [0.1, 0.15) is 54.1 Å². The molecule has 12 nitrogen and oxygen atoms in total. The van der Waals surface area contributed by atoms with E-state index in [1.807, 2.05) is 35.1 Å². The Balaban J connectivity index is 1.18. The summed E-state index contributed by atoms with van der Waals surface area (Å²) in [4.78, 5) is 42.4. The molecule has 14 heteroatoms. The number of hydrogen-bond donors (Lipinski definition) is 3. The fourth-order valence-electron chi connectivity index (χ4n) is 7.04. The molecule has 3 amide bonds. The Labute approximate surface area is 272 Å². The Hall–Kier alpha value is -3.85. The number of furan rings is 1. The third kappa shape index (κ3) is 7.20. The maximum absolute atomic E-state index is 14.0. The van der Waals surface area contributed by atoms with E-state index in [2.05, 4.69) is 5.32 Å². The number of nitrogens with zero attached hydrogens (tertiary/aromatic N) is 2. The first kappa shape index (κ1) is 33.1. The molecular weight excluding hydrogens is 629 g/mol. The number of carbonyl (C=O) groups is 3. The van der Waals surface area contributed by atoms with Crippen molar-refractivity contribution >= 4 is 44.6 Å². The van der Waals surface area contributed by atoms with E-state index in [9.17, 15) is 27.2 Å². The van der Waals surface area contributed by atoms with E-state index in [1.54, 1.807) is 23.1 Å². The van der Waals surface area contributed by atoms with Gasteiger partial charge >= 0.3 is 16.1 Å². The fourth-order valence-corrected chi connectivity index (χ4v) is 8.13. The van der Waals surface area contributed by atoms with Gasteiger partial charge in [0.25, 0.3) is 0 Å². The summed E-state index contributed by atoms with van der Waals surface area (Å²) in [6, 6.07) is 14.7. The zero-order valence-corrected chi connectivity index (χ0v) is 26.8. The van der Waals surface area contributed by atoms with Crippen LogP contribution in [0.25, 0.3) is 11.0 Å². The summed E-state index contributed by atoms with van der Waals surface area (Å²) in [7, 11) is -4.07. The normalized spacial score (nSPS) is 24.6. The number of nitrogens with one attached hydrogen (secondary N) is 2. The zero-order valence-electron chi connectivity index (χ0n) is 26.0. The first-order valence-corrected chi connectivity index (χ1v) is 17.5. The first-order valence-electron chi connectivity index (χ1n) is 16.1. The van der Waals surface area contributed by atoms with Crippen LogP contribution >= 0.6 is 0 Å². The number of benzene rings is 2. The predicted octanol–water partition coefficient (Wildman–Crippen LogP) is 3.17. The molecule has 0 radical (unpaired) electrons. The number of amides is 3. The number of anilines is 1. The second kappa shape index (κ2) is 14.1. The number of alkyl halides is 1. The maximum atomic E-state index is 14.0. The van der Waals surface area contributed by atoms with Crippen molar-refractivity contribution < 1.29 is 36.3 Å². The molecular formula is C33H40FN5O7S. The van der Waals surface area contributed by atoms with E-state index in [-0.39, 0.29) is 61.6 Å². The molecule has 0 unspecified atom stereocenters. The Morgan fingerprint density at radius 3 is 2.38 bits per heavy atom. The van der Waals surface area contributed by atoms with Crippen LogP contribution in [0.15, 0.2) is 59.0 Å². The summed E-state index contributed by atoms with van der Waals surface area (Å²) >= 11 is 0. The van der Waals surface area contributed by atoms with Crippen molar-refractivity contribution in [2.75, 3.05) is 44.8 Å². The second-order valence-corrected chi connectivity index (χ2v) is 14.2. The number of nitrogens with two attached hydrogens (primary N) is 1. The Morgan fingerprint density at radius 1 is 0.957 bits per heavy atom. The third-order valence-electron chi connectivity index (χ3n) is 9.62. The number of carbonyl (C=O) groups excluding carboxylic acids is 3. The van der Waals surface area contributed by atoms with Gasteiger partial charge in [0.05, 0.1) is 13.2 Å². The summed E-state index contributed by atoms with van der Waals surface area (Å²) < 4.78 is 52.4. The molecule has 3 aliphatic rings.